The van der Waals surface area contributed by atoms with E-state index in [0.717, 1.165) is 4.88 Å². The van der Waals surface area contributed by atoms with Crippen molar-refractivity contribution in [3.05, 3.63) is 46.4 Å². The molecular weight excluding hydrogens is 320 g/mol. The van der Waals surface area contributed by atoms with Gasteiger partial charge in [-0.3, -0.25) is 4.79 Å². The van der Waals surface area contributed by atoms with E-state index in [2.05, 4.69) is 5.32 Å². The van der Waals surface area contributed by atoms with E-state index < -0.39 is 24.9 Å². The summed E-state index contributed by atoms with van der Waals surface area (Å²) < 4.78 is 27.8. The first kappa shape index (κ1) is 17.6. The lowest BCUT2D eigenvalue weighted by atomic mass is 10.3. The summed E-state index contributed by atoms with van der Waals surface area (Å²) in [4.78, 5) is 13.0. The standard InChI is InChI=1S/C13H15F2N3OS.ClH/c14-13(15,8-16)9-17-12(19)11-4-1-5-18(11)7-10-3-2-6-20-10;/h1-6H,7-9,16H2,(H,17,19);1H. The highest BCUT2D eigenvalue weighted by Gasteiger charge is 2.27. The zero-order valence-electron chi connectivity index (χ0n) is 11.1. The number of nitrogens with two attached hydrogens (primary N) is 1. The Hall–Kier alpha value is -1.44. The van der Waals surface area contributed by atoms with Gasteiger partial charge in [-0.15, -0.1) is 23.7 Å². The summed E-state index contributed by atoms with van der Waals surface area (Å²) in [6, 6.07) is 7.19. The van der Waals surface area contributed by atoms with Crippen molar-refractivity contribution in [1.82, 2.24) is 9.88 Å². The van der Waals surface area contributed by atoms with E-state index in [1.807, 2.05) is 17.5 Å². The van der Waals surface area contributed by atoms with Gasteiger partial charge in [-0.05, 0) is 23.6 Å². The van der Waals surface area contributed by atoms with Crippen molar-refractivity contribution in [3.63, 3.8) is 0 Å². The summed E-state index contributed by atoms with van der Waals surface area (Å²) in [6.07, 6.45) is 1.75. The molecule has 0 aliphatic heterocycles. The maximum absolute atomic E-state index is 13.0. The Labute approximate surface area is 131 Å². The van der Waals surface area contributed by atoms with Gasteiger partial charge in [0.25, 0.3) is 11.8 Å². The third kappa shape index (κ3) is 4.80. The molecule has 0 saturated carbocycles. The van der Waals surface area contributed by atoms with Crippen molar-refractivity contribution in [3.8, 4) is 0 Å². The average Bonchev–Trinajstić information content (AvgIpc) is 3.08. The van der Waals surface area contributed by atoms with E-state index in [9.17, 15) is 13.6 Å². The second kappa shape index (κ2) is 7.53. The smallest absolute Gasteiger partial charge is 0.277 e. The molecule has 8 heteroatoms. The zero-order chi connectivity index (χ0) is 14.6. The van der Waals surface area contributed by atoms with Crippen LogP contribution in [0.25, 0.3) is 0 Å². The van der Waals surface area contributed by atoms with Crippen LogP contribution in [0.5, 0.6) is 0 Å². The second-order valence-corrected chi connectivity index (χ2v) is 5.38. The lowest BCUT2D eigenvalue weighted by Gasteiger charge is -2.15. The quantitative estimate of drug-likeness (QED) is 0.851. The van der Waals surface area contributed by atoms with Gasteiger partial charge in [-0.25, -0.2) is 8.78 Å². The van der Waals surface area contributed by atoms with Gasteiger partial charge in [0.05, 0.1) is 19.6 Å². The third-order valence-corrected chi connectivity index (χ3v) is 3.64. The molecule has 2 rings (SSSR count). The molecule has 0 aromatic carbocycles. The number of nitrogens with zero attached hydrogens (tertiary/aromatic N) is 1. The van der Waals surface area contributed by atoms with E-state index >= 15 is 0 Å². The van der Waals surface area contributed by atoms with Gasteiger partial charge in [-0.2, -0.15) is 0 Å². The Morgan fingerprint density at radius 1 is 1.38 bits per heavy atom. The fraction of sp³-hybridized carbons (Fsp3) is 0.308. The first-order chi connectivity index (χ1) is 9.52. The highest BCUT2D eigenvalue weighted by Crippen LogP contribution is 2.14. The molecule has 2 aromatic heterocycles. The van der Waals surface area contributed by atoms with E-state index in [4.69, 9.17) is 5.73 Å². The minimum atomic E-state index is -3.08. The van der Waals surface area contributed by atoms with Crippen LogP contribution in [0, 0.1) is 0 Å². The SMILES string of the molecule is Cl.NCC(F)(F)CNC(=O)c1cccn1Cc1cccs1. The predicted octanol–water partition coefficient (Wildman–Crippen LogP) is 2.34. The molecule has 2 aromatic rings. The largest absolute Gasteiger partial charge is 0.345 e. The van der Waals surface area contributed by atoms with Gasteiger partial charge in [0.15, 0.2) is 0 Å². The lowest BCUT2D eigenvalue weighted by Crippen LogP contribution is -2.42. The summed E-state index contributed by atoms with van der Waals surface area (Å²) in [6.45, 7) is -1.00. The molecule has 0 saturated heterocycles. The minimum absolute atomic E-state index is 0. The molecule has 1 amide bonds. The predicted molar refractivity (Wildman–Crippen MR) is 81.4 cm³/mol. The Morgan fingerprint density at radius 2 is 2.14 bits per heavy atom. The highest BCUT2D eigenvalue weighted by molar-refractivity contribution is 7.09. The number of carbonyl (C=O) groups is 1. The molecule has 3 N–H and O–H groups in total. The molecule has 0 spiro atoms. The Morgan fingerprint density at radius 3 is 2.76 bits per heavy atom. The molecule has 116 valence electrons. The van der Waals surface area contributed by atoms with Crippen molar-refractivity contribution in [2.75, 3.05) is 13.1 Å². The highest BCUT2D eigenvalue weighted by atomic mass is 35.5. The number of rotatable bonds is 6. The van der Waals surface area contributed by atoms with E-state index in [1.54, 1.807) is 34.2 Å². The number of carbonyl (C=O) groups excluding carboxylic acids is 1. The fourth-order valence-corrected chi connectivity index (χ4v) is 2.40. The summed E-state index contributed by atoms with van der Waals surface area (Å²) in [5, 5.41) is 4.15. The number of amides is 1. The van der Waals surface area contributed by atoms with E-state index in [0.29, 0.717) is 12.2 Å². The number of hydrogen-bond acceptors (Lipinski definition) is 3. The van der Waals surface area contributed by atoms with Gasteiger partial charge in [0.1, 0.15) is 5.69 Å². The summed E-state index contributed by atoms with van der Waals surface area (Å²) in [5.41, 5.74) is 5.28. The Bertz CT molecular complexity index is 572. The molecule has 0 bridgehead atoms. The number of thiophene rings is 1. The molecule has 0 fully saturated rings. The number of hydrogen-bond donors (Lipinski definition) is 2. The summed E-state index contributed by atoms with van der Waals surface area (Å²) in [7, 11) is 0. The van der Waals surface area contributed by atoms with E-state index in [1.165, 1.54) is 0 Å². The fourth-order valence-electron chi connectivity index (χ4n) is 1.70. The van der Waals surface area contributed by atoms with Gasteiger partial charge >= 0.3 is 0 Å². The number of aromatic nitrogens is 1. The third-order valence-electron chi connectivity index (χ3n) is 2.77. The topological polar surface area (TPSA) is 60.0 Å². The van der Waals surface area contributed by atoms with Crippen molar-refractivity contribution < 1.29 is 13.6 Å². The molecule has 2 heterocycles. The Kier molecular flexibility index (Phi) is 6.32. The van der Waals surface area contributed by atoms with Gasteiger partial charge in [0.2, 0.25) is 0 Å². The minimum Gasteiger partial charge on any atom is -0.345 e. The first-order valence-electron chi connectivity index (χ1n) is 6.05. The van der Waals surface area contributed by atoms with Crippen molar-refractivity contribution in [2.45, 2.75) is 12.5 Å². The molecule has 0 aliphatic carbocycles. The maximum Gasteiger partial charge on any atom is 0.277 e. The van der Waals surface area contributed by atoms with Crippen LogP contribution in [0.4, 0.5) is 8.78 Å². The van der Waals surface area contributed by atoms with Crippen molar-refractivity contribution in [2.24, 2.45) is 5.73 Å². The lowest BCUT2D eigenvalue weighted by molar-refractivity contribution is 0.0117. The van der Waals surface area contributed by atoms with Crippen LogP contribution in [-0.2, 0) is 6.54 Å². The monoisotopic (exact) mass is 335 g/mol. The van der Waals surface area contributed by atoms with Crippen LogP contribution in [-0.4, -0.2) is 29.5 Å². The Balaban J connectivity index is 0.00000220. The maximum atomic E-state index is 13.0. The van der Waals surface area contributed by atoms with Crippen LogP contribution >= 0.6 is 23.7 Å². The molecule has 0 unspecified atom stereocenters. The number of nitrogens with one attached hydrogen (secondary N) is 1. The van der Waals surface area contributed by atoms with Crippen LogP contribution in [0.15, 0.2) is 35.8 Å². The molecule has 0 radical (unpaired) electrons. The number of halogens is 3. The molecule has 0 atom stereocenters. The van der Waals surface area contributed by atoms with E-state index in [-0.39, 0.29) is 12.4 Å². The van der Waals surface area contributed by atoms with Crippen molar-refractivity contribution in [1.29, 1.82) is 0 Å². The molecule has 4 nitrogen and oxygen atoms in total. The van der Waals surface area contributed by atoms with Crippen LogP contribution in [0.1, 0.15) is 15.4 Å². The zero-order valence-corrected chi connectivity index (χ0v) is 12.7. The van der Waals surface area contributed by atoms with Gasteiger partial charge in [0, 0.05) is 11.1 Å². The van der Waals surface area contributed by atoms with Crippen LogP contribution in [0.3, 0.4) is 0 Å². The van der Waals surface area contributed by atoms with Crippen LogP contribution in [0.2, 0.25) is 0 Å². The molecule has 0 aliphatic rings. The number of alkyl halides is 2. The first-order valence-corrected chi connectivity index (χ1v) is 6.93. The van der Waals surface area contributed by atoms with Crippen molar-refractivity contribution >= 4 is 29.7 Å². The van der Waals surface area contributed by atoms with Gasteiger partial charge < -0.3 is 15.6 Å². The second-order valence-electron chi connectivity index (χ2n) is 4.34. The molecular formula is C13H16ClF2N3OS. The van der Waals surface area contributed by atoms with Crippen LogP contribution < -0.4 is 11.1 Å². The average molecular weight is 336 g/mol. The van der Waals surface area contributed by atoms with Gasteiger partial charge in [-0.1, -0.05) is 6.07 Å². The summed E-state index contributed by atoms with van der Waals surface area (Å²) >= 11 is 1.57. The molecule has 21 heavy (non-hydrogen) atoms. The summed E-state index contributed by atoms with van der Waals surface area (Å²) in [5.74, 6) is -3.61. The normalized spacial score (nSPS) is 11.0.